The van der Waals surface area contributed by atoms with Crippen molar-refractivity contribution in [1.82, 2.24) is 4.98 Å². The standard InChI is InChI=1S/C20H34BrNO2/c1-2-3-4-5-6-7-8-9-10-11-12-13-19-16-18(17-22-19)20(23)24-15-14-21/h16-17,22H,2-15H2,1H3. The first-order valence-electron chi connectivity index (χ1n) is 9.68. The van der Waals surface area contributed by atoms with E-state index in [1.807, 2.05) is 6.07 Å². The number of aromatic nitrogens is 1. The molecule has 0 aliphatic rings. The first-order chi connectivity index (χ1) is 11.8. The quantitative estimate of drug-likeness (QED) is 0.210. The summed E-state index contributed by atoms with van der Waals surface area (Å²) in [7, 11) is 0. The summed E-state index contributed by atoms with van der Waals surface area (Å²) in [4.78, 5) is 14.9. The van der Waals surface area contributed by atoms with Gasteiger partial charge in [0, 0.05) is 17.2 Å². The number of aromatic amines is 1. The number of unbranched alkanes of at least 4 members (excludes halogenated alkanes) is 10. The molecule has 24 heavy (non-hydrogen) atoms. The molecule has 0 fully saturated rings. The maximum absolute atomic E-state index is 11.7. The number of alkyl halides is 1. The molecular formula is C20H34BrNO2. The molecule has 0 amide bonds. The summed E-state index contributed by atoms with van der Waals surface area (Å²) < 4.78 is 5.10. The second kappa shape index (κ2) is 14.6. The third-order valence-corrected chi connectivity index (χ3v) is 4.66. The smallest absolute Gasteiger partial charge is 0.339 e. The first-order valence-corrected chi connectivity index (χ1v) is 10.8. The number of esters is 1. The SMILES string of the molecule is CCCCCCCCCCCCCc1cc(C(=O)OCCBr)c[nH]1. The van der Waals surface area contributed by atoms with E-state index in [1.54, 1.807) is 6.20 Å². The number of halogens is 1. The number of aryl methyl sites for hydroxylation is 1. The highest BCUT2D eigenvalue weighted by Crippen LogP contribution is 2.13. The molecule has 0 aromatic carbocycles. The van der Waals surface area contributed by atoms with E-state index in [9.17, 15) is 4.79 Å². The Labute approximate surface area is 156 Å². The van der Waals surface area contributed by atoms with Gasteiger partial charge in [-0.1, -0.05) is 87.1 Å². The summed E-state index contributed by atoms with van der Waals surface area (Å²) in [6.07, 6.45) is 17.7. The topological polar surface area (TPSA) is 42.1 Å². The minimum atomic E-state index is -0.240. The minimum Gasteiger partial charge on any atom is -0.461 e. The number of carbonyl (C=O) groups excluding carboxylic acids is 1. The average Bonchev–Trinajstić information content (AvgIpc) is 3.06. The van der Waals surface area contributed by atoms with Gasteiger partial charge in [0.05, 0.1) is 5.56 Å². The second-order valence-electron chi connectivity index (χ2n) is 6.52. The fourth-order valence-corrected chi connectivity index (χ4v) is 3.06. The van der Waals surface area contributed by atoms with Gasteiger partial charge in [-0.2, -0.15) is 0 Å². The van der Waals surface area contributed by atoms with Crippen molar-refractivity contribution in [3.8, 4) is 0 Å². The van der Waals surface area contributed by atoms with Crippen LogP contribution in [-0.2, 0) is 11.2 Å². The lowest BCUT2D eigenvalue weighted by molar-refractivity contribution is 0.0531. The van der Waals surface area contributed by atoms with Crippen molar-refractivity contribution in [3.05, 3.63) is 23.5 Å². The van der Waals surface area contributed by atoms with E-state index in [4.69, 9.17) is 4.74 Å². The highest BCUT2D eigenvalue weighted by molar-refractivity contribution is 9.09. The van der Waals surface area contributed by atoms with Gasteiger partial charge in [0.25, 0.3) is 0 Å². The highest BCUT2D eigenvalue weighted by Gasteiger charge is 2.09. The van der Waals surface area contributed by atoms with Crippen LogP contribution in [0.1, 0.15) is 93.6 Å². The fourth-order valence-electron chi connectivity index (χ4n) is 2.90. The molecule has 0 radical (unpaired) electrons. The molecule has 1 aromatic rings. The van der Waals surface area contributed by atoms with Crippen LogP contribution in [0, 0.1) is 0 Å². The number of hydrogen-bond acceptors (Lipinski definition) is 2. The van der Waals surface area contributed by atoms with Crippen LogP contribution in [0.2, 0.25) is 0 Å². The number of H-pyrrole nitrogens is 1. The monoisotopic (exact) mass is 399 g/mol. The summed E-state index contributed by atoms with van der Waals surface area (Å²) in [5.41, 5.74) is 1.77. The summed E-state index contributed by atoms with van der Waals surface area (Å²) in [5, 5.41) is 0.675. The molecule has 138 valence electrons. The number of nitrogens with one attached hydrogen (secondary N) is 1. The van der Waals surface area contributed by atoms with Crippen LogP contribution < -0.4 is 0 Å². The van der Waals surface area contributed by atoms with Gasteiger partial charge in [-0.3, -0.25) is 0 Å². The van der Waals surface area contributed by atoms with Crippen molar-refractivity contribution >= 4 is 21.9 Å². The van der Waals surface area contributed by atoms with Gasteiger partial charge in [-0.05, 0) is 18.9 Å². The number of hydrogen-bond donors (Lipinski definition) is 1. The molecule has 3 nitrogen and oxygen atoms in total. The Bertz CT molecular complexity index is 431. The Morgan fingerprint density at radius 2 is 1.58 bits per heavy atom. The van der Waals surface area contributed by atoms with E-state index in [-0.39, 0.29) is 5.97 Å². The van der Waals surface area contributed by atoms with E-state index in [0.717, 1.165) is 12.1 Å². The van der Waals surface area contributed by atoms with Gasteiger partial charge in [-0.25, -0.2) is 4.79 Å². The summed E-state index contributed by atoms with van der Waals surface area (Å²) in [6, 6.07) is 1.92. The van der Waals surface area contributed by atoms with Crippen LogP contribution in [0.25, 0.3) is 0 Å². The maximum Gasteiger partial charge on any atom is 0.339 e. The predicted octanol–water partition coefficient (Wildman–Crippen LogP) is 6.42. The zero-order valence-electron chi connectivity index (χ0n) is 15.2. The van der Waals surface area contributed by atoms with Crippen LogP contribution in [0.3, 0.4) is 0 Å². The number of carbonyl (C=O) groups is 1. The van der Waals surface area contributed by atoms with Gasteiger partial charge in [0.15, 0.2) is 0 Å². The molecule has 0 atom stereocenters. The van der Waals surface area contributed by atoms with E-state index < -0.39 is 0 Å². The van der Waals surface area contributed by atoms with Crippen molar-refractivity contribution in [3.63, 3.8) is 0 Å². The summed E-state index contributed by atoms with van der Waals surface area (Å²) in [6.45, 7) is 2.68. The van der Waals surface area contributed by atoms with Crippen molar-refractivity contribution in [2.24, 2.45) is 0 Å². The normalized spacial score (nSPS) is 10.9. The van der Waals surface area contributed by atoms with Crippen LogP contribution >= 0.6 is 15.9 Å². The summed E-state index contributed by atoms with van der Waals surface area (Å²) in [5.74, 6) is -0.240. The van der Waals surface area contributed by atoms with Crippen LogP contribution in [-0.4, -0.2) is 22.9 Å². The van der Waals surface area contributed by atoms with Gasteiger partial charge in [0.1, 0.15) is 6.61 Å². The molecule has 1 N–H and O–H groups in total. The Morgan fingerprint density at radius 1 is 1.00 bits per heavy atom. The fraction of sp³-hybridized carbons (Fsp3) is 0.750. The summed E-state index contributed by atoms with van der Waals surface area (Å²) >= 11 is 3.25. The maximum atomic E-state index is 11.7. The van der Waals surface area contributed by atoms with Gasteiger partial charge < -0.3 is 9.72 Å². The number of rotatable bonds is 15. The Kier molecular flexibility index (Phi) is 12.9. The minimum absolute atomic E-state index is 0.240. The molecular weight excluding hydrogens is 366 g/mol. The van der Waals surface area contributed by atoms with Crippen LogP contribution in [0.4, 0.5) is 0 Å². The average molecular weight is 400 g/mol. The van der Waals surface area contributed by atoms with Gasteiger partial charge >= 0.3 is 5.97 Å². The van der Waals surface area contributed by atoms with Crippen molar-refractivity contribution < 1.29 is 9.53 Å². The van der Waals surface area contributed by atoms with Crippen LogP contribution in [0.5, 0.6) is 0 Å². The van der Waals surface area contributed by atoms with Crippen molar-refractivity contribution in [1.29, 1.82) is 0 Å². The second-order valence-corrected chi connectivity index (χ2v) is 7.32. The molecule has 0 saturated carbocycles. The molecule has 1 rings (SSSR count). The van der Waals surface area contributed by atoms with Gasteiger partial charge in [0.2, 0.25) is 0 Å². The Balaban J connectivity index is 1.98. The lowest BCUT2D eigenvalue weighted by Gasteiger charge is -2.02. The van der Waals surface area contributed by atoms with E-state index in [2.05, 4.69) is 27.8 Å². The molecule has 0 bridgehead atoms. The molecule has 0 aliphatic carbocycles. The van der Waals surface area contributed by atoms with Crippen molar-refractivity contribution in [2.75, 3.05) is 11.9 Å². The van der Waals surface area contributed by atoms with Crippen LogP contribution in [0.15, 0.2) is 12.3 Å². The lowest BCUT2D eigenvalue weighted by atomic mass is 10.0. The molecule has 1 heterocycles. The largest absolute Gasteiger partial charge is 0.461 e. The molecule has 4 heteroatoms. The predicted molar refractivity (Wildman–Crippen MR) is 105 cm³/mol. The highest BCUT2D eigenvalue weighted by atomic mass is 79.9. The van der Waals surface area contributed by atoms with E-state index in [1.165, 1.54) is 70.6 Å². The lowest BCUT2D eigenvalue weighted by Crippen LogP contribution is -2.05. The molecule has 1 aromatic heterocycles. The zero-order valence-corrected chi connectivity index (χ0v) is 16.8. The molecule has 0 saturated heterocycles. The third kappa shape index (κ3) is 10.2. The first kappa shape index (κ1) is 21.3. The van der Waals surface area contributed by atoms with Gasteiger partial charge in [-0.15, -0.1) is 0 Å². The molecule has 0 spiro atoms. The Morgan fingerprint density at radius 3 is 2.17 bits per heavy atom. The zero-order chi connectivity index (χ0) is 17.5. The van der Waals surface area contributed by atoms with Crippen molar-refractivity contribution in [2.45, 2.75) is 84.0 Å². The Hall–Kier alpha value is -0.770. The third-order valence-electron chi connectivity index (χ3n) is 4.34. The number of ether oxygens (including phenoxy) is 1. The van der Waals surface area contributed by atoms with E-state index >= 15 is 0 Å². The molecule has 0 aliphatic heterocycles. The van der Waals surface area contributed by atoms with E-state index in [0.29, 0.717) is 17.5 Å². The molecule has 0 unspecified atom stereocenters.